The second-order valence-electron chi connectivity index (χ2n) is 14.6. The SMILES string of the molecule is c1ccc(-c2nc3ccccc3n2-c2ccc(-c3cc(-c4ccc5oc6ccccc6c5c4)cc(-c4nc5ccccc5c5oc6ccccc6c45)c3)cc2)cc1. The van der Waals surface area contributed by atoms with Crippen LogP contribution >= 0.6 is 0 Å². The van der Waals surface area contributed by atoms with Crippen LogP contribution in [0.2, 0.25) is 0 Å². The normalized spacial score (nSPS) is 11.9. The molecule has 0 bridgehead atoms. The zero-order valence-electron chi connectivity index (χ0n) is 30.6. The second kappa shape index (κ2) is 12.4. The van der Waals surface area contributed by atoms with Crippen molar-refractivity contribution in [2.24, 2.45) is 0 Å². The number of pyridine rings is 1. The first kappa shape index (κ1) is 31.6. The third kappa shape index (κ3) is 5.03. The molecule has 0 N–H and O–H groups in total. The zero-order chi connectivity index (χ0) is 37.5. The first-order valence-corrected chi connectivity index (χ1v) is 19.1. The Morgan fingerprint density at radius 3 is 1.81 bits per heavy atom. The number of nitrogens with zero attached hydrogens (tertiary/aromatic N) is 3. The van der Waals surface area contributed by atoms with E-state index in [1.54, 1.807) is 0 Å². The smallest absolute Gasteiger partial charge is 0.147 e. The number of benzene rings is 8. The maximum atomic E-state index is 6.60. The van der Waals surface area contributed by atoms with Crippen LogP contribution in [0.1, 0.15) is 0 Å². The van der Waals surface area contributed by atoms with Gasteiger partial charge in [-0.2, -0.15) is 0 Å². The van der Waals surface area contributed by atoms with Crippen molar-refractivity contribution < 1.29 is 8.83 Å². The highest BCUT2D eigenvalue weighted by atomic mass is 16.3. The highest BCUT2D eigenvalue weighted by molar-refractivity contribution is 6.19. The van der Waals surface area contributed by atoms with E-state index in [1.807, 2.05) is 48.5 Å². The molecule has 5 nitrogen and oxygen atoms in total. The number of para-hydroxylation sites is 5. The molecule has 5 heteroatoms. The van der Waals surface area contributed by atoms with E-state index in [0.717, 1.165) is 116 Å². The second-order valence-corrected chi connectivity index (χ2v) is 14.6. The summed E-state index contributed by atoms with van der Waals surface area (Å²) in [4.78, 5) is 10.5. The van der Waals surface area contributed by atoms with Crippen LogP contribution in [0.3, 0.4) is 0 Å². The van der Waals surface area contributed by atoms with Crippen LogP contribution in [-0.2, 0) is 0 Å². The number of furan rings is 2. The van der Waals surface area contributed by atoms with Crippen LogP contribution in [0.15, 0.2) is 197 Å². The Hall–Kier alpha value is -7.76. The van der Waals surface area contributed by atoms with Crippen LogP contribution < -0.4 is 0 Å². The third-order valence-electron chi connectivity index (χ3n) is 11.2. The fourth-order valence-electron chi connectivity index (χ4n) is 8.49. The molecule has 57 heavy (non-hydrogen) atoms. The van der Waals surface area contributed by atoms with Gasteiger partial charge in [-0.05, 0) is 101 Å². The fourth-order valence-corrected chi connectivity index (χ4v) is 8.49. The van der Waals surface area contributed by atoms with Gasteiger partial charge in [-0.15, -0.1) is 0 Å². The Morgan fingerprint density at radius 1 is 0.368 bits per heavy atom. The number of rotatable bonds is 5. The standard InChI is InChI=1S/C52H31N3O2/c1-2-12-33(13-3-1)52-54-44-18-8-9-19-45(44)55(52)38-25-22-32(23-26-38)35-28-36(34-24-27-48-42(31-34)39-14-5-10-20-46(39)56-48)30-37(29-35)50-49-41-16-6-11-21-47(41)57-51(49)40-15-4-7-17-43(40)53-50/h1-31H. The molecule has 0 unspecified atom stereocenters. The van der Waals surface area contributed by atoms with E-state index in [0.29, 0.717) is 0 Å². The van der Waals surface area contributed by atoms with Gasteiger partial charge in [0.05, 0.1) is 27.6 Å². The molecule has 0 aliphatic carbocycles. The quantitative estimate of drug-likeness (QED) is 0.177. The highest BCUT2D eigenvalue weighted by Gasteiger charge is 2.20. The van der Waals surface area contributed by atoms with E-state index in [1.165, 1.54) is 0 Å². The molecule has 12 rings (SSSR count). The van der Waals surface area contributed by atoms with Gasteiger partial charge in [0.15, 0.2) is 0 Å². The Balaban J connectivity index is 1.08. The molecule has 0 fully saturated rings. The van der Waals surface area contributed by atoms with Gasteiger partial charge >= 0.3 is 0 Å². The molecule has 0 amide bonds. The average molecular weight is 730 g/mol. The Morgan fingerprint density at radius 2 is 0.982 bits per heavy atom. The van der Waals surface area contributed by atoms with E-state index in [-0.39, 0.29) is 0 Å². The third-order valence-corrected chi connectivity index (χ3v) is 11.2. The number of imidazole rings is 1. The summed E-state index contributed by atoms with van der Waals surface area (Å²) in [5, 5.41) is 5.25. The average Bonchev–Trinajstić information content (AvgIpc) is 3.98. The summed E-state index contributed by atoms with van der Waals surface area (Å²) in [7, 11) is 0. The van der Waals surface area contributed by atoms with Crippen molar-refractivity contribution >= 4 is 65.8 Å². The lowest BCUT2D eigenvalue weighted by atomic mass is 9.92. The first-order chi connectivity index (χ1) is 28.2. The van der Waals surface area contributed by atoms with Gasteiger partial charge in [-0.25, -0.2) is 9.97 Å². The number of fused-ring (bicyclic) bond motifs is 9. The number of aromatic nitrogens is 3. The van der Waals surface area contributed by atoms with Crippen molar-refractivity contribution in [3.63, 3.8) is 0 Å². The topological polar surface area (TPSA) is 57.0 Å². The predicted octanol–water partition coefficient (Wildman–Crippen LogP) is 14.0. The molecule has 0 spiro atoms. The molecule has 0 aliphatic heterocycles. The van der Waals surface area contributed by atoms with Crippen molar-refractivity contribution in [3.8, 4) is 50.6 Å². The van der Waals surface area contributed by atoms with Crippen molar-refractivity contribution in [2.45, 2.75) is 0 Å². The molecule has 12 aromatic rings. The minimum absolute atomic E-state index is 0.845. The molecule has 266 valence electrons. The van der Waals surface area contributed by atoms with Gasteiger partial charge in [0, 0.05) is 38.4 Å². The summed E-state index contributed by atoms with van der Waals surface area (Å²) in [6.07, 6.45) is 0. The van der Waals surface area contributed by atoms with Crippen LogP contribution in [0.4, 0.5) is 0 Å². The number of hydrogen-bond acceptors (Lipinski definition) is 4. The molecule has 8 aromatic carbocycles. The van der Waals surface area contributed by atoms with E-state index in [4.69, 9.17) is 18.8 Å². The summed E-state index contributed by atoms with van der Waals surface area (Å²) in [6, 6.07) is 65.6. The van der Waals surface area contributed by atoms with Gasteiger partial charge in [0.1, 0.15) is 28.2 Å². The molecular weight excluding hydrogens is 699 g/mol. The summed E-state index contributed by atoms with van der Waals surface area (Å²) in [5.41, 5.74) is 14.7. The molecule has 0 saturated carbocycles. The van der Waals surface area contributed by atoms with E-state index < -0.39 is 0 Å². The maximum Gasteiger partial charge on any atom is 0.147 e. The molecular formula is C52H31N3O2. The van der Waals surface area contributed by atoms with Gasteiger partial charge in [0.2, 0.25) is 0 Å². The van der Waals surface area contributed by atoms with E-state index >= 15 is 0 Å². The minimum Gasteiger partial charge on any atom is -0.456 e. The minimum atomic E-state index is 0.845. The Kier molecular flexibility index (Phi) is 6.86. The fraction of sp³-hybridized carbons (Fsp3) is 0. The van der Waals surface area contributed by atoms with Crippen molar-refractivity contribution in [2.75, 3.05) is 0 Å². The summed E-state index contributed by atoms with van der Waals surface area (Å²) in [6.45, 7) is 0. The summed E-state index contributed by atoms with van der Waals surface area (Å²) in [5.74, 6) is 0.912. The van der Waals surface area contributed by atoms with Gasteiger partial charge in [0.25, 0.3) is 0 Å². The largest absolute Gasteiger partial charge is 0.456 e. The van der Waals surface area contributed by atoms with Crippen LogP contribution in [0.25, 0.3) is 116 Å². The maximum absolute atomic E-state index is 6.60. The van der Waals surface area contributed by atoms with Crippen LogP contribution in [0.5, 0.6) is 0 Å². The molecule has 0 aliphatic rings. The van der Waals surface area contributed by atoms with Crippen molar-refractivity contribution in [1.82, 2.24) is 14.5 Å². The number of hydrogen-bond donors (Lipinski definition) is 0. The van der Waals surface area contributed by atoms with Crippen molar-refractivity contribution in [3.05, 3.63) is 188 Å². The lowest BCUT2D eigenvalue weighted by Crippen LogP contribution is -1.97. The van der Waals surface area contributed by atoms with Crippen LogP contribution in [-0.4, -0.2) is 14.5 Å². The molecule has 0 radical (unpaired) electrons. The van der Waals surface area contributed by atoms with Gasteiger partial charge < -0.3 is 8.83 Å². The first-order valence-electron chi connectivity index (χ1n) is 19.1. The molecule has 4 heterocycles. The predicted molar refractivity (Wildman–Crippen MR) is 233 cm³/mol. The lowest BCUT2D eigenvalue weighted by molar-refractivity contribution is 0.669. The van der Waals surface area contributed by atoms with Crippen molar-refractivity contribution in [1.29, 1.82) is 0 Å². The lowest BCUT2D eigenvalue weighted by Gasteiger charge is -2.14. The zero-order valence-corrected chi connectivity index (χ0v) is 30.6. The van der Waals surface area contributed by atoms with Gasteiger partial charge in [-0.1, -0.05) is 109 Å². The van der Waals surface area contributed by atoms with Gasteiger partial charge in [-0.3, -0.25) is 4.57 Å². The summed E-state index contributed by atoms with van der Waals surface area (Å²) < 4.78 is 15.1. The monoisotopic (exact) mass is 729 g/mol. The Labute approximate surface area is 326 Å². The summed E-state index contributed by atoms with van der Waals surface area (Å²) >= 11 is 0. The van der Waals surface area contributed by atoms with E-state index in [2.05, 4.69) is 144 Å². The Bertz CT molecular complexity index is 3520. The molecule has 4 aromatic heterocycles. The highest BCUT2D eigenvalue weighted by Crippen LogP contribution is 2.42. The van der Waals surface area contributed by atoms with E-state index in [9.17, 15) is 0 Å². The van der Waals surface area contributed by atoms with Crippen LogP contribution in [0, 0.1) is 0 Å². The molecule has 0 saturated heterocycles. The molecule has 0 atom stereocenters.